The van der Waals surface area contributed by atoms with Crippen LogP contribution in [0.3, 0.4) is 0 Å². The quantitative estimate of drug-likeness (QED) is 0.601. The molecule has 2 rings (SSSR count). The first-order valence-electron chi connectivity index (χ1n) is 4.87. The van der Waals surface area contributed by atoms with E-state index in [1.807, 2.05) is 42.5 Å². The number of allylic oxidation sites excluding steroid dienone is 4. The molecule has 0 N–H and O–H groups in total. The molecule has 0 radical (unpaired) electrons. The molecule has 1 heteroatoms. The Morgan fingerprint density at radius 2 is 1.79 bits per heavy atom. The Bertz CT molecular complexity index is 516. The average molecular weight is 180 g/mol. The van der Waals surface area contributed by atoms with Crippen LogP contribution in [-0.2, 0) is 0 Å². The number of nitrogens with zero attached hydrogens (tertiary/aromatic N) is 1. The molecule has 0 atom stereocenters. The topological polar surface area (TPSA) is 23.8 Å². The van der Waals surface area contributed by atoms with E-state index < -0.39 is 0 Å². The van der Waals surface area contributed by atoms with Crippen LogP contribution in [0.1, 0.15) is 12.5 Å². The third-order valence-corrected chi connectivity index (χ3v) is 2.05. The number of hydrogen-bond acceptors (Lipinski definition) is 1. The molecule has 0 aromatic heterocycles. The van der Waals surface area contributed by atoms with E-state index in [1.165, 1.54) is 0 Å². The first-order chi connectivity index (χ1) is 7.31. The molecule has 0 saturated carbocycles. The van der Waals surface area contributed by atoms with Crippen molar-refractivity contribution in [1.82, 2.24) is 0 Å². The van der Waals surface area contributed by atoms with Gasteiger partial charge in [-0.1, -0.05) is 42.5 Å². The van der Waals surface area contributed by atoms with Gasteiger partial charge in [0, 0.05) is 0 Å². The van der Waals surface area contributed by atoms with Gasteiger partial charge in [-0.15, -0.1) is 0 Å². The number of rotatable bonds is 0. The monoisotopic (exact) mass is 180 g/mol. The standard InChI is InChI=1S/C13H9N/c14-10-11-4-3-7-12-5-1-2-6-13(12)9-8-11/h1-9H/b4-3?,7-3-,9-8-,11-4+,11-8?,12-7?,13-9?/i4D. The predicted molar refractivity (Wildman–Crippen MR) is 58.2 cm³/mol. The zero-order chi connectivity index (χ0) is 10.7. The summed E-state index contributed by atoms with van der Waals surface area (Å²) in [5, 5.41) is 8.81. The van der Waals surface area contributed by atoms with Crippen LogP contribution < -0.4 is 0 Å². The van der Waals surface area contributed by atoms with Crippen LogP contribution in [0.2, 0.25) is 0 Å². The van der Waals surface area contributed by atoms with E-state index >= 15 is 0 Å². The van der Waals surface area contributed by atoms with Gasteiger partial charge >= 0.3 is 0 Å². The molecular formula is C13H9N. The van der Waals surface area contributed by atoms with Gasteiger partial charge in [-0.05, 0) is 23.3 Å². The molecule has 14 heavy (non-hydrogen) atoms. The maximum atomic E-state index is 8.81. The minimum atomic E-state index is 0.253. The van der Waals surface area contributed by atoms with Crippen LogP contribution in [-0.4, -0.2) is 0 Å². The van der Waals surface area contributed by atoms with E-state index in [1.54, 1.807) is 12.2 Å². The maximum absolute atomic E-state index is 8.81. The fourth-order valence-electron chi connectivity index (χ4n) is 1.33. The highest BCUT2D eigenvalue weighted by Gasteiger charge is 1.96. The van der Waals surface area contributed by atoms with Gasteiger partial charge in [0.15, 0.2) is 0 Å². The van der Waals surface area contributed by atoms with Crippen molar-refractivity contribution < 1.29 is 1.37 Å². The molecule has 1 aromatic carbocycles. The molecule has 66 valence electrons. The predicted octanol–water partition coefficient (Wildman–Crippen LogP) is 3.18. The van der Waals surface area contributed by atoms with Crippen LogP contribution in [0.25, 0.3) is 12.2 Å². The average Bonchev–Trinajstić information content (AvgIpc) is 2.26. The minimum Gasteiger partial charge on any atom is -0.192 e. The third kappa shape index (κ3) is 1.65. The lowest BCUT2D eigenvalue weighted by atomic mass is 10.0. The second kappa shape index (κ2) is 3.76. The van der Waals surface area contributed by atoms with E-state index in [4.69, 9.17) is 6.63 Å². The van der Waals surface area contributed by atoms with Crippen LogP contribution in [0, 0.1) is 11.3 Å². The Labute approximate surface area is 84.7 Å². The summed E-state index contributed by atoms with van der Waals surface area (Å²) in [6.45, 7) is 0. The van der Waals surface area contributed by atoms with Crippen LogP contribution in [0.4, 0.5) is 0 Å². The van der Waals surface area contributed by atoms with Gasteiger partial charge in [0.05, 0.1) is 13.0 Å². The summed E-state index contributed by atoms with van der Waals surface area (Å²) in [7, 11) is 0. The van der Waals surface area contributed by atoms with E-state index in [0.717, 1.165) is 11.1 Å². The maximum Gasteiger partial charge on any atom is 0.0991 e. The molecule has 0 amide bonds. The van der Waals surface area contributed by atoms with E-state index in [0.29, 0.717) is 5.57 Å². The van der Waals surface area contributed by atoms with Crippen molar-refractivity contribution in [3.05, 3.63) is 59.2 Å². The molecule has 1 aliphatic carbocycles. The molecule has 0 saturated heterocycles. The highest BCUT2D eigenvalue weighted by molar-refractivity contribution is 5.69. The molecule has 0 fully saturated rings. The smallest absolute Gasteiger partial charge is 0.0991 e. The summed E-state index contributed by atoms with van der Waals surface area (Å²) < 4.78 is 7.63. The Balaban J connectivity index is 2.56. The van der Waals surface area contributed by atoms with Gasteiger partial charge < -0.3 is 0 Å². The SMILES string of the molecule is [2H]C1=C(C#N)/C=C\c2ccccc2/C=C\1. The lowest BCUT2D eigenvalue weighted by Crippen LogP contribution is -1.82. The lowest BCUT2D eigenvalue weighted by Gasteiger charge is -2.01. The highest BCUT2D eigenvalue weighted by atomic mass is 14.2. The summed E-state index contributed by atoms with van der Waals surface area (Å²) in [5.74, 6) is 0. The summed E-state index contributed by atoms with van der Waals surface area (Å²) in [6, 6.07) is 10.1. The van der Waals surface area contributed by atoms with Gasteiger partial charge in [-0.25, -0.2) is 0 Å². The van der Waals surface area contributed by atoms with Crippen molar-refractivity contribution in [3.8, 4) is 6.07 Å². The van der Waals surface area contributed by atoms with Crippen molar-refractivity contribution in [2.45, 2.75) is 0 Å². The zero-order valence-corrected chi connectivity index (χ0v) is 7.57. The summed E-state index contributed by atoms with van der Waals surface area (Å²) in [4.78, 5) is 0. The lowest BCUT2D eigenvalue weighted by molar-refractivity contribution is 1.49. The van der Waals surface area contributed by atoms with Crippen molar-refractivity contribution in [3.63, 3.8) is 0 Å². The van der Waals surface area contributed by atoms with Gasteiger partial charge in [0.25, 0.3) is 0 Å². The third-order valence-electron chi connectivity index (χ3n) is 2.05. The Morgan fingerprint density at radius 1 is 1.07 bits per heavy atom. The molecular weight excluding hydrogens is 170 g/mol. The Kier molecular flexibility index (Phi) is 1.97. The number of nitriles is 1. The van der Waals surface area contributed by atoms with Gasteiger partial charge in [0.1, 0.15) is 0 Å². The number of fused-ring (bicyclic) bond motifs is 1. The van der Waals surface area contributed by atoms with Crippen molar-refractivity contribution in [2.75, 3.05) is 0 Å². The van der Waals surface area contributed by atoms with Crippen LogP contribution in [0.15, 0.2) is 48.0 Å². The summed E-state index contributed by atoms with van der Waals surface area (Å²) in [5.41, 5.74) is 2.52. The molecule has 0 unspecified atom stereocenters. The van der Waals surface area contributed by atoms with E-state index in [9.17, 15) is 0 Å². The first-order valence-corrected chi connectivity index (χ1v) is 4.37. The van der Waals surface area contributed by atoms with Gasteiger partial charge in [-0.2, -0.15) is 5.26 Å². The van der Waals surface area contributed by atoms with Crippen molar-refractivity contribution >= 4 is 12.2 Å². The van der Waals surface area contributed by atoms with Crippen LogP contribution in [0.5, 0.6) is 0 Å². The minimum absolute atomic E-state index is 0.253. The molecule has 0 aliphatic heterocycles. The second-order valence-electron chi connectivity index (χ2n) is 2.97. The number of benzene rings is 1. The largest absolute Gasteiger partial charge is 0.192 e. The second-order valence-corrected chi connectivity index (χ2v) is 2.97. The van der Waals surface area contributed by atoms with E-state index in [2.05, 4.69) is 0 Å². The Morgan fingerprint density at radius 3 is 2.50 bits per heavy atom. The fourth-order valence-corrected chi connectivity index (χ4v) is 1.33. The van der Waals surface area contributed by atoms with Gasteiger partial charge in [0.2, 0.25) is 0 Å². The number of hydrogen-bond donors (Lipinski definition) is 0. The normalized spacial score (nSPS) is 24.9. The van der Waals surface area contributed by atoms with Crippen LogP contribution >= 0.6 is 0 Å². The molecule has 1 nitrogen and oxygen atoms in total. The first kappa shape index (κ1) is 7.34. The molecule has 0 spiro atoms. The molecule has 0 heterocycles. The molecule has 0 bridgehead atoms. The summed E-state index contributed by atoms with van der Waals surface area (Å²) >= 11 is 0. The van der Waals surface area contributed by atoms with Crippen molar-refractivity contribution in [2.24, 2.45) is 0 Å². The van der Waals surface area contributed by atoms with Gasteiger partial charge in [-0.3, -0.25) is 0 Å². The fraction of sp³-hybridized carbons (Fsp3) is 0. The molecule has 1 aromatic rings. The Hall–Kier alpha value is -2.07. The highest BCUT2D eigenvalue weighted by Crippen LogP contribution is 2.16. The van der Waals surface area contributed by atoms with Crippen molar-refractivity contribution in [1.29, 1.82) is 5.26 Å². The molecule has 1 aliphatic rings. The zero-order valence-electron chi connectivity index (χ0n) is 8.57. The van der Waals surface area contributed by atoms with E-state index in [-0.39, 0.29) is 6.05 Å². The summed E-state index contributed by atoms with van der Waals surface area (Å²) in [6.07, 6.45) is 7.07.